The first-order valence-corrected chi connectivity index (χ1v) is 8.29. The van der Waals surface area contributed by atoms with Crippen molar-refractivity contribution >= 4 is 22.8 Å². The molecule has 0 bridgehead atoms. The summed E-state index contributed by atoms with van der Waals surface area (Å²) >= 11 is 0. The van der Waals surface area contributed by atoms with E-state index in [9.17, 15) is 4.39 Å². The Labute approximate surface area is 144 Å². The molecule has 0 amide bonds. The van der Waals surface area contributed by atoms with E-state index in [1.165, 1.54) is 6.07 Å². The highest BCUT2D eigenvalue weighted by molar-refractivity contribution is 5.74. The maximum atomic E-state index is 14.3. The molecular formula is C19H17FN4O. The molecule has 0 aliphatic carbocycles. The molecule has 1 aliphatic rings. The van der Waals surface area contributed by atoms with Crippen LogP contribution in [-0.2, 0) is 0 Å². The Morgan fingerprint density at radius 3 is 2.96 bits per heavy atom. The van der Waals surface area contributed by atoms with Crippen molar-refractivity contribution in [3.8, 4) is 6.07 Å². The second kappa shape index (κ2) is 6.44. The molecule has 2 aromatic carbocycles. The van der Waals surface area contributed by atoms with Gasteiger partial charge in [-0.3, -0.25) is 0 Å². The molecule has 1 N–H and O–H groups in total. The van der Waals surface area contributed by atoms with Gasteiger partial charge in [0.25, 0.3) is 6.01 Å². The van der Waals surface area contributed by atoms with Crippen molar-refractivity contribution in [2.45, 2.75) is 18.9 Å². The van der Waals surface area contributed by atoms with Crippen LogP contribution in [0.25, 0.3) is 11.1 Å². The van der Waals surface area contributed by atoms with E-state index < -0.39 is 0 Å². The van der Waals surface area contributed by atoms with Crippen LogP contribution in [0.2, 0.25) is 0 Å². The van der Waals surface area contributed by atoms with Gasteiger partial charge in [0.1, 0.15) is 11.3 Å². The van der Waals surface area contributed by atoms with Gasteiger partial charge in [0, 0.05) is 19.1 Å². The number of nitrogens with one attached hydrogen (secondary N) is 1. The van der Waals surface area contributed by atoms with Crippen LogP contribution < -0.4 is 10.2 Å². The number of anilines is 2. The van der Waals surface area contributed by atoms with Crippen LogP contribution in [0.1, 0.15) is 18.4 Å². The van der Waals surface area contributed by atoms with Gasteiger partial charge in [-0.2, -0.15) is 10.2 Å². The molecule has 0 saturated carbocycles. The highest BCUT2D eigenvalue weighted by Crippen LogP contribution is 2.26. The lowest BCUT2D eigenvalue weighted by Gasteiger charge is -2.34. The second-order valence-electron chi connectivity index (χ2n) is 6.19. The smallest absolute Gasteiger partial charge is 0.295 e. The van der Waals surface area contributed by atoms with E-state index in [0.717, 1.165) is 30.5 Å². The maximum absolute atomic E-state index is 14.3. The fraction of sp³-hybridized carbons (Fsp3) is 0.263. The lowest BCUT2D eigenvalue weighted by Crippen LogP contribution is -2.42. The molecule has 0 radical (unpaired) electrons. The normalized spacial score (nSPS) is 17.4. The molecule has 4 rings (SSSR count). The van der Waals surface area contributed by atoms with Gasteiger partial charge in [-0.05, 0) is 43.2 Å². The molecule has 6 heteroatoms. The fourth-order valence-electron chi connectivity index (χ4n) is 3.26. The number of hydrogen-bond acceptors (Lipinski definition) is 5. The summed E-state index contributed by atoms with van der Waals surface area (Å²) in [6.07, 6.45) is 1.91. The van der Waals surface area contributed by atoms with Crippen LogP contribution in [0, 0.1) is 17.1 Å². The van der Waals surface area contributed by atoms with Gasteiger partial charge in [0.2, 0.25) is 0 Å². The first-order valence-electron chi connectivity index (χ1n) is 8.29. The summed E-state index contributed by atoms with van der Waals surface area (Å²) in [6, 6.07) is 14.8. The third-order valence-electron chi connectivity index (χ3n) is 4.46. The van der Waals surface area contributed by atoms with Crippen LogP contribution in [0.3, 0.4) is 0 Å². The minimum absolute atomic E-state index is 0.122. The van der Waals surface area contributed by atoms with Gasteiger partial charge in [-0.15, -0.1) is 0 Å². The molecule has 5 nitrogen and oxygen atoms in total. The lowest BCUT2D eigenvalue weighted by molar-refractivity contribution is 0.502. The SMILES string of the molecule is N#Cc1ccc(N2CCCC(Nc3nc4ccccc4o3)C2)c(F)c1. The predicted molar refractivity (Wildman–Crippen MR) is 94.0 cm³/mol. The van der Waals surface area contributed by atoms with E-state index in [1.54, 1.807) is 12.1 Å². The zero-order chi connectivity index (χ0) is 17.2. The van der Waals surface area contributed by atoms with E-state index >= 15 is 0 Å². The average Bonchev–Trinajstić information content (AvgIpc) is 3.04. The van der Waals surface area contributed by atoms with E-state index in [0.29, 0.717) is 23.8 Å². The Morgan fingerprint density at radius 2 is 2.16 bits per heavy atom. The van der Waals surface area contributed by atoms with E-state index in [2.05, 4.69) is 10.3 Å². The lowest BCUT2D eigenvalue weighted by atomic mass is 10.0. The van der Waals surface area contributed by atoms with Crippen molar-refractivity contribution < 1.29 is 8.81 Å². The zero-order valence-electron chi connectivity index (χ0n) is 13.6. The monoisotopic (exact) mass is 336 g/mol. The Bertz CT molecular complexity index is 913. The summed E-state index contributed by atoms with van der Waals surface area (Å²) in [5.41, 5.74) is 2.43. The van der Waals surface area contributed by atoms with Crippen molar-refractivity contribution in [1.82, 2.24) is 4.98 Å². The third kappa shape index (κ3) is 3.13. The Kier molecular flexibility index (Phi) is 3.98. The zero-order valence-corrected chi connectivity index (χ0v) is 13.6. The third-order valence-corrected chi connectivity index (χ3v) is 4.46. The number of aromatic nitrogens is 1. The van der Waals surface area contributed by atoms with Gasteiger partial charge < -0.3 is 14.6 Å². The summed E-state index contributed by atoms with van der Waals surface area (Å²) in [6.45, 7) is 1.44. The Hall–Kier alpha value is -3.07. The number of hydrogen-bond donors (Lipinski definition) is 1. The first-order chi connectivity index (χ1) is 12.2. The summed E-state index contributed by atoms with van der Waals surface area (Å²) in [4.78, 5) is 6.44. The number of nitrogens with zero attached hydrogens (tertiary/aromatic N) is 3. The number of oxazole rings is 1. The standard InChI is InChI=1S/C19H17FN4O/c20-15-10-13(11-21)7-8-17(15)24-9-3-4-14(12-24)22-19-23-16-5-1-2-6-18(16)25-19/h1-2,5-8,10,14H,3-4,9,12H2,(H,22,23). The van der Waals surface area contributed by atoms with Gasteiger partial charge in [-0.1, -0.05) is 12.1 Å². The number of piperidine rings is 1. The highest BCUT2D eigenvalue weighted by Gasteiger charge is 2.23. The number of para-hydroxylation sites is 2. The molecular weight excluding hydrogens is 319 g/mol. The topological polar surface area (TPSA) is 65.1 Å². The molecule has 1 fully saturated rings. The molecule has 1 saturated heterocycles. The number of halogens is 1. The van der Waals surface area contributed by atoms with Crippen LogP contribution in [0.5, 0.6) is 0 Å². The molecule has 0 spiro atoms. The molecule has 1 aliphatic heterocycles. The van der Waals surface area contributed by atoms with Gasteiger partial charge >= 0.3 is 0 Å². The van der Waals surface area contributed by atoms with Gasteiger partial charge in [0.15, 0.2) is 5.58 Å². The van der Waals surface area contributed by atoms with E-state index in [4.69, 9.17) is 9.68 Å². The Balaban J connectivity index is 1.50. The predicted octanol–water partition coefficient (Wildman–Crippen LogP) is 3.92. The van der Waals surface area contributed by atoms with Crippen molar-refractivity contribution in [3.05, 3.63) is 53.8 Å². The largest absolute Gasteiger partial charge is 0.424 e. The minimum atomic E-state index is -0.360. The van der Waals surface area contributed by atoms with Gasteiger partial charge in [-0.25, -0.2) is 4.39 Å². The van der Waals surface area contributed by atoms with Crippen molar-refractivity contribution in [1.29, 1.82) is 5.26 Å². The molecule has 25 heavy (non-hydrogen) atoms. The molecule has 3 aromatic rings. The first kappa shape index (κ1) is 15.5. The van der Waals surface area contributed by atoms with Crippen molar-refractivity contribution in [2.75, 3.05) is 23.3 Å². The fourth-order valence-corrected chi connectivity index (χ4v) is 3.26. The molecule has 2 heterocycles. The Morgan fingerprint density at radius 1 is 1.28 bits per heavy atom. The molecule has 1 atom stereocenters. The molecule has 1 unspecified atom stereocenters. The van der Waals surface area contributed by atoms with Crippen molar-refractivity contribution in [2.24, 2.45) is 0 Å². The van der Waals surface area contributed by atoms with E-state index in [-0.39, 0.29) is 11.9 Å². The van der Waals surface area contributed by atoms with Gasteiger partial charge in [0.05, 0.1) is 17.3 Å². The number of fused-ring (bicyclic) bond motifs is 1. The highest BCUT2D eigenvalue weighted by atomic mass is 19.1. The van der Waals surface area contributed by atoms with E-state index in [1.807, 2.05) is 35.2 Å². The number of rotatable bonds is 3. The summed E-state index contributed by atoms with van der Waals surface area (Å²) in [5.74, 6) is -0.360. The summed E-state index contributed by atoms with van der Waals surface area (Å²) in [7, 11) is 0. The average molecular weight is 336 g/mol. The second-order valence-corrected chi connectivity index (χ2v) is 6.19. The van der Waals surface area contributed by atoms with Crippen molar-refractivity contribution in [3.63, 3.8) is 0 Å². The quantitative estimate of drug-likeness (QED) is 0.785. The number of benzene rings is 2. The van der Waals surface area contributed by atoms with Crippen LogP contribution in [-0.4, -0.2) is 24.1 Å². The maximum Gasteiger partial charge on any atom is 0.295 e. The molecule has 126 valence electrons. The van der Waals surface area contributed by atoms with Crippen LogP contribution in [0.15, 0.2) is 46.9 Å². The van der Waals surface area contributed by atoms with Crippen LogP contribution >= 0.6 is 0 Å². The minimum Gasteiger partial charge on any atom is -0.424 e. The molecule has 1 aromatic heterocycles. The summed E-state index contributed by atoms with van der Waals surface area (Å²) < 4.78 is 20.0. The van der Waals surface area contributed by atoms with Crippen LogP contribution in [0.4, 0.5) is 16.1 Å². The summed E-state index contributed by atoms with van der Waals surface area (Å²) in [5, 5.41) is 12.2. The number of nitriles is 1.